The Morgan fingerprint density at radius 2 is 2.06 bits per heavy atom. The van der Waals surface area contributed by atoms with Crippen LogP contribution in [0.25, 0.3) is 0 Å². The van der Waals surface area contributed by atoms with Crippen LogP contribution in [0.1, 0.15) is 69.3 Å². The number of aromatic nitrogens is 2. The SMILES string of the molecule is CCC(C)c1nc(NC)cc(C2CCCC2)n1. The van der Waals surface area contributed by atoms with Gasteiger partial charge in [-0.1, -0.05) is 26.7 Å². The van der Waals surface area contributed by atoms with Crippen LogP contribution in [-0.2, 0) is 0 Å². The molecule has 1 heterocycles. The molecule has 1 fully saturated rings. The Hall–Kier alpha value is -1.12. The van der Waals surface area contributed by atoms with E-state index in [4.69, 9.17) is 4.98 Å². The lowest BCUT2D eigenvalue weighted by Crippen LogP contribution is -2.08. The largest absolute Gasteiger partial charge is 0.373 e. The van der Waals surface area contributed by atoms with Gasteiger partial charge in [-0.15, -0.1) is 0 Å². The van der Waals surface area contributed by atoms with Crippen molar-refractivity contribution in [2.45, 2.75) is 57.8 Å². The lowest BCUT2D eigenvalue weighted by atomic mass is 10.0. The molecule has 0 saturated heterocycles. The van der Waals surface area contributed by atoms with E-state index >= 15 is 0 Å². The van der Waals surface area contributed by atoms with Gasteiger partial charge in [0, 0.05) is 30.6 Å². The first-order chi connectivity index (χ1) is 8.24. The second-order valence-corrected chi connectivity index (χ2v) is 5.08. The molecular weight excluding hydrogens is 210 g/mol. The molecule has 0 radical (unpaired) electrons. The molecule has 1 aromatic heterocycles. The number of nitrogens with zero attached hydrogens (tertiary/aromatic N) is 2. The maximum absolute atomic E-state index is 4.78. The van der Waals surface area contributed by atoms with Gasteiger partial charge < -0.3 is 5.32 Å². The van der Waals surface area contributed by atoms with Crippen molar-refractivity contribution in [3.05, 3.63) is 17.6 Å². The molecule has 1 unspecified atom stereocenters. The molecule has 1 saturated carbocycles. The Morgan fingerprint density at radius 3 is 2.65 bits per heavy atom. The first-order valence-electron chi connectivity index (χ1n) is 6.81. The highest BCUT2D eigenvalue weighted by Gasteiger charge is 2.20. The number of hydrogen-bond donors (Lipinski definition) is 1. The van der Waals surface area contributed by atoms with Gasteiger partial charge >= 0.3 is 0 Å². The molecule has 0 bridgehead atoms. The van der Waals surface area contributed by atoms with E-state index in [0.29, 0.717) is 11.8 Å². The van der Waals surface area contributed by atoms with Crippen LogP contribution in [0.3, 0.4) is 0 Å². The summed E-state index contributed by atoms with van der Waals surface area (Å²) < 4.78 is 0. The molecule has 94 valence electrons. The molecule has 2 rings (SSSR count). The molecule has 1 aromatic rings. The van der Waals surface area contributed by atoms with Crippen LogP contribution in [-0.4, -0.2) is 17.0 Å². The van der Waals surface area contributed by atoms with Crippen LogP contribution in [0.15, 0.2) is 6.07 Å². The van der Waals surface area contributed by atoms with E-state index in [0.717, 1.165) is 18.1 Å². The predicted molar refractivity (Wildman–Crippen MR) is 71.5 cm³/mol. The standard InChI is InChI=1S/C14H23N3/c1-4-10(2)14-16-12(9-13(15-3)17-14)11-7-5-6-8-11/h9-11H,4-8H2,1-3H3,(H,15,16,17). The summed E-state index contributed by atoms with van der Waals surface area (Å²) in [7, 11) is 1.93. The van der Waals surface area contributed by atoms with Gasteiger partial charge in [0.05, 0.1) is 0 Å². The third-order valence-corrected chi connectivity index (χ3v) is 3.85. The van der Waals surface area contributed by atoms with Crippen LogP contribution >= 0.6 is 0 Å². The van der Waals surface area contributed by atoms with Crippen molar-refractivity contribution in [2.75, 3.05) is 12.4 Å². The zero-order chi connectivity index (χ0) is 12.3. The van der Waals surface area contributed by atoms with Crippen LogP contribution in [0.5, 0.6) is 0 Å². The molecule has 1 N–H and O–H groups in total. The van der Waals surface area contributed by atoms with E-state index < -0.39 is 0 Å². The maximum atomic E-state index is 4.78. The van der Waals surface area contributed by atoms with E-state index in [1.54, 1.807) is 0 Å². The zero-order valence-electron chi connectivity index (χ0n) is 11.2. The van der Waals surface area contributed by atoms with E-state index in [9.17, 15) is 0 Å². The van der Waals surface area contributed by atoms with Gasteiger partial charge in [0.2, 0.25) is 0 Å². The van der Waals surface area contributed by atoms with Gasteiger partial charge in [-0.2, -0.15) is 0 Å². The molecule has 3 heteroatoms. The second-order valence-electron chi connectivity index (χ2n) is 5.08. The van der Waals surface area contributed by atoms with Crippen molar-refractivity contribution < 1.29 is 0 Å². The minimum absolute atomic E-state index is 0.448. The van der Waals surface area contributed by atoms with Crippen molar-refractivity contribution in [3.8, 4) is 0 Å². The minimum atomic E-state index is 0.448. The zero-order valence-corrected chi connectivity index (χ0v) is 11.2. The highest BCUT2D eigenvalue weighted by atomic mass is 15.0. The lowest BCUT2D eigenvalue weighted by molar-refractivity contribution is 0.641. The molecule has 0 aromatic carbocycles. The van der Waals surface area contributed by atoms with Crippen LogP contribution in [0.4, 0.5) is 5.82 Å². The van der Waals surface area contributed by atoms with Crippen molar-refractivity contribution >= 4 is 5.82 Å². The summed E-state index contributed by atoms with van der Waals surface area (Å²) >= 11 is 0. The van der Waals surface area contributed by atoms with E-state index in [1.807, 2.05) is 7.05 Å². The first-order valence-corrected chi connectivity index (χ1v) is 6.81. The summed E-state index contributed by atoms with van der Waals surface area (Å²) in [5, 5.41) is 3.16. The average Bonchev–Trinajstić information content (AvgIpc) is 2.91. The van der Waals surface area contributed by atoms with Crippen LogP contribution in [0, 0.1) is 0 Å². The molecule has 17 heavy (non-hydrogen) atoms. The average molecular weight is 233 g/mol. The van der Waals surface area contributed by atoms with Gasteiger partial charge in [-0.3, -0.25) is 0 Å². The highest BCUT2D eigenvalue weighted by Crippen LogP contribution is 2.34. The fourth-order valence-electron chi connectivity index (χ4n) is 2.45. The second kappa shape index (κ2) is 5.48. The highest BCUT2D eigenvalue weighted by molar-refractivity contribution is 5.37. The van der Waals surface area contributed by atoms with Crippen molar-refractivity contribution in [1.82, 2.24) is 9.97 Å². The van der Waals surface area contributed by atoms with Crippen molar-refractivity contribution in [2.24, 2.45) is 0 Å². The molecular formula is C14H23N3. The summed E-state index contributed by atoms with van der Waals surface area (Å²) in [5.41, 5.74) is 1.25. The summed E-state index contributed by atoms with van der Waals surface area (Å²) in [6, 6.07) is 2.13. The monoisotopic (exact) mass is 233 g/mol. The Morgan fingerprint density at radius 1 is 1.35 bits per heavy atom. The van der Waals surface area contributed by atoms with Gasteiger partial charge in [0.1, 0.15) is 11.6 Å². The normalized spacial score (nSPS) is 18.3. The van der Waals surface area contributed by atoms with E-state index in [-0.39, 0.29) is 0 Å². The topological polar surface area (TPSA) is 37.8 Å². The molecule has 1 aliphatic rings. The number of rotatable bonds is 4. The first kappa shape index (κ1) is 12.3. The Bertz CT molecular complexity index is 370. The lowest BCUT2D eigenvalue weighted by Gasteiger charge is -2.14. The molecule has 0 spiro atoms. The van der Waals surface area contributed by atoms with Gasteiger partial charge in [0.15, 0.2) is 0 Å². The molecule has 1 atom stereocenters. The Balaban J connectivity index is 2.30. The van der Waals surface area contributed by atoms with E-state index in [2.05, 4.69) is 30.2 Å². The van der Waals surface area contributed by atoms with Crippen molar-refractivity contribution in [3.63, 3.8) is 0 Å². The van der Waals surface area contributed by atoms with Crippen LogP contribution in [0.2, 0.25) is 0 Å². The molecule has 0 amide bonds. The van der Waals surface area contributed by atoms with Crippen LogP contribution < -0.4 is 5.32 Å². The quantitative estimate of drug-likeness (QED) is 0.862. The number of hydrogen-bond acceptors (Lipinski definition) is 3. The number of nitrogens with one attached hydrogen (secondary N) is 1. The van der Waals surface area contributed by atoms with E-state index in [1.165, 1.54) is 31.4 Å². The van der Waals surface area contributed by atoms with Crippen molar-refractivity contribution in [1.29, 1.82) is 0 Å². The Labute approximate surface area is 104 Å². The predicted octanol–water partition coefficient (Wildman–Crippen LogP) is 3.69. The van der Waals surface area contributed by atoms with Gasteiger partial charge in [-0.25, -0.2) is 9.97 Å². The molecule has 3 nitrogen and oxygen atoms in total. The summed E-state index contributed by atoms with van der Waals surface area (Å²) in [4.78, 5) is 9.35. The van der Waals surface area contributed by atoms with Gasteiger partial charge in [-0.05, 0) is 19.3 Å². The minimum Gasteiger partial charge on any atom is -0.373 e. The fourth-order valence-corrected chi connectivity index (χ4v) is 2.45. The summed E-state index contributed by atoms with van der Waals surface area (Å²) in [6.07, 6.45) is 6.38. The number of anilines is 1. The third-order valence-electron chi connectivity index (χ3n) is 3.85. The fraction of sp³-hybridized carbons (Fsp3) is 0.714. The Kier molecular flexibility index (Phi) is 3.97. The maximum Gasteiger partial charge on any atom is 0.133 e. The molecule has 1 aliphatic carbocycles. The summed E-state index contributed by atoms with van der Waals surface area (Å²) in [5.74, 6) is 3.08. The smallest absolute Gasteiger partial charge is 0.133 e. The third kappa shape index (κ3) is 2.76. The van der Waals surface area contributed by atoms with Gasteiger partial charge in [0.25, 0.3) is 0 Å². The molecule has 0 aliphatic heterocycles. The summed E-state index contributed by atoms with van der Waals surface area (Å²) in [6.45, 7) is 4.39.